The van der Waals surface area contributed by atoms with Crippen LogP contribution in [0.25, 0.3) is 0 Å². The first kappa shape index (κ1) is 20.8. The maximum absolute atomic E-state index is 12.3. The highest BCUT2D eigenvalue weighted by Gasteiger charge is 2.20. The van der Waals surface area contributed by atoms with Gasteiger partial charge in [-0.2, -0.15) is 0 Å². The quantitative estimate of drug-likeness (QED) is 0.517. The number of thioether (sulfide) groups is 1. The molecular weight excluding hydrogens is 368 g/mol. The van der Waals surface area contributed by atoms with Gasteiger partial charge in [0.1, 0.15) is 11.0 Å². The van der Waals surface area contributed by atoms with Crippen LogP contribution < -0.4 is 10.1 Å². The van der Waals surface area contributed by atoms with E-state index in [9.17, 15) is 9.59 Å². The standard InChI is InChI=1S/C18H24N4O4S/c1-5-22-15(20-21-18(22)27-12(3)17(24)26-6-2)11-19-16(23)13-7-9-14(25-4)10-8-13/h7-10,12H,5-6,11H2,1-4H3,(H,19,23). The number of amides is 1. The van der Waals surface area contributed by atoms with Crippen LogP contribution in [-0.2, 0) is 22.6 Å². The molecule has 0 spiro atoms. The SMILES string of the molecule is CCOC(=O)C(C)Sc1nnc(CNC(=O)c2ccc(OC)cc2)n1CC. The van der Waals surface area contributed by atoms with E-state index in [1.165, 1.54) is 11.8 Å². The summed E-state index contributed by atoms with van der Waals surface area (Å²) in [6, 6.07) is 6.85. The third-order valence-corrected chi connectivity index (χ3v) is 4.83. The van der Waals surface area contributed by atoms with E-state index < -0.39 is 0 Å². The maximum Gasteiger partial charge on any atom is 0.319 e. The number of hydrogen-bond acceptors (Lipinski definition) is 7. The number of carbonyl (C=O) groups is 2. The number of esters is 1. The van der Waals surface area contributed by atoms with Gasteiger partial charge in [0, 0.05) is 12.1 Å². The number of hydrogen-bond donors (Lipinski definition) is 1. The molecule has 1 aromatic carbocycles. The van der Waals surface area contributed by atoms with E-state index in [1.54, 1.807) is 45.2 Å². The monoisotopic (exact) mass is 392 g/mol. The number of benzene rings is 1. The van der Waals surface area contributed by atoms with Gasteiger partial charge in [-0.15, -0.1) is 10.2 Å². The second kappa shape index (κ2) is 9.96. The van der Waals surface area contributed by atoms with Gasteiger partial charge in [0.2, 0.25) is 0 Å². The van der Waals surface area contributed by atoms with Gasteiger partial charge in [0.15, 0.2) is 11.0 Å². The fourth-order valence-corrected chi connectivity index (χ4v) is 3.25. The van der Waals surface area contributed by atoms with Crippen molar-refractivity contribution in [3.05, 3.63) is 35.7 Å². The lowest BCUT2D eigenvalue weighted by atomic mass is 10.2. The van der Waals surface area contributed by atoms with Crippen LogP contribution >= 0.6 is 11.8 Å². The van der Waals surface area contributed by atoms with Gasteiger partial charge in [-0.3, -0.25) is 9.59 Å². The van der Waals surface area contributed by atoms with Gasteiger partial charge < -0.3 is 19.4 Å². The second-order valence-corrected chi connectivity index (χ2v) is 6.87. The van der Waals surface area contributed by atoms with Gasteiger partial charge >= 0.3 is 5.97 Å². The lowest BCUT2D eigenvalue weighted by Gasteiger charge is -2.11. The minimum atomic E-state index is -0.388. The van der Waals surface area contributed by atoms with E-state index in [4.69, 9.17) is 9.47 Å². The van der Waals surface area contributed by atoms with Crippen molar-refractivity contribution in [3.8, 4) is 5.75 Å². The maximum atomic E-state index is 12.3. The molecule has 8 nitrogen and oxygen atoms in total. The van der Waals surface area contributed by atoms with Crippen molar-refractivity contribution in [1.29, 1.82) is 0 Å². The first-order chi connectivity index (χ1) is 13.0. The Morgan fingerprint density at radius 1 is 1.22 bits per heavy atom. The molecule has 9 heteroatoms. The highest BCUT2D eigenvalue weighted by molar-refractivity contribution is 8.00. The normalized spacial score (nSPS) is 11.7. The van der Waals surface area contributed by atoms with Gasteiger partial charge in [0.25, 0.3) is 5.91 Å². The molecule has 0 saturated heterocycles. The van der Waals surface area contributed by atoms with Crippen molar-refractivity contribution in [2.24, 2.45) is 0 Å². The summed E-state index contributed by atoms with van der Waals surface area (Å²) in [6.07, 6.45) is 0. The molecule has 2 rings (SSSR count). The van der Waals surface area contributed by atoms with Crippen LogP contribution in [0.4, 0.5) is 0 Å². The van der Waals surface area contributed by atoms with Crippen LogP contribution in [0.15, 0.2) is 29.4 Å². The summed E-state index contributed by atoms with van der Waals surface area (Å²) in [7, 11) is 1.57. The van der Waals surface area contributed by atoms with E-state index in [-0.39, 0.29) is 23.7 Å². The molecule has 146 valence electrons. The molecule has 27 heavy (non-hydrogen) atoms. The van der Waals surface area contributed by atoms with Crippen molar-refractivity contribution in [3.63, 3.8) is 0 Å². The predicted molar refractivity (Wildman–Crippen MR) is 102 cm³/mol. The summed E-state index contributed by atoms with van der Waals surface area (Å²) in [5, 5.41) is 11.3. The number of rotatable bonds is 9. The van der Waals surface area contributed by atoms with Gasteiger partial charge in [0.05, 0.1) is 20.3 Å². The van der Waals surface area contributed by atoms with E-state index in [2.05, 4.69) is 15.5 Å². The summed E-state index contributed by atoms with van der Waals surface area (Å²) >= 11 is 1.29. The minimum absolute atomic E-state index is 0.211. The topological polar surface area (TPSA) is 95.3 Å². The molecule has 2 aromatic rings. The zero-order chi connectivity index (χ0) is 19.8. The highest BCUT2D eigenvalue weighted by Crippen LogP contribution is 2.23. The van der Waals surface area contributed by atoms with Gasteiger partial charge in [-0.25, -0.2) is 0 Å². The van der Waals surface area contributed by atoms with E-state index >= 15 is 0 Å². The summed E-state index contributed by atoms with van der Waals surface area (Å²) in [4.78, 5) is 24.1. The van der Waals surface area contributed by atoms with E-state index in [0.717, 1.165) is 0 Å². The summed E-state index contributed by atoms with van der Waals surface area (Å²) in [5.41, 5.74) is 0.531. The van der Waals surface area contributed by atoms with Crippen LogP contribution in [0.5, 0.6) is 5.75 Å². The van der Waals surface area contributed by atoms with Crippen LogP contribution in [0.3, 0.4) is 0 Å². The number of carbonyl (C=O) groups excluding carboxylic acids is 2. The number of nitrogens with zero attached hydrogens (tertiary/aromatic N) is 3. The molecule has 0 radical (unpaired) electrons. The number of methoxy groups -OCH3 is 1. The molecule has 0 aliphatic carbocycles. The first-order valence-electron chi connectivity index (χ1n) is 8.67. The van der Waals surface area contributed by atoms with Crippen LogP contribution in [0, 0.1) is 0 Å². The first-order valence-corrected chi connectivity index (χ1v) is 9.55. The zero-order valence-electron chi connectivity index (χ0n) is 15.9. The Hall–Kier alpha value is -2.55. The van der Waals surface area contributed by atoms with Crippen molar-refractivity contribution in [2.75, 3.05) is 13.7 Å². The third-order valence-electron chi connectivity index (χ3n) is 3.77. The Kier molecular flexibility index (Phi) is 7.66. The number of ether oxygens (including phenoxy) is 2. The Bertz CT molecular complexity index is 776. The van der Waals surface area contributed by atoms with E-state index in [0.29, 0.717) is 35.4 Å². The Labute approximate surface area is 162 Å². The fraction of sp³-hybridized carbons (Fsp3) is 0.444. The minimum Gasteiger partial charge on any atom is -0.497 e. The lowest BCUT2D eigenvalue weighted by molar-refractivity contribution is -0.142. The number of nitrogens with one attached hydrogen (secondary N) is 1. The summed E-state index contributed by atoms with van der Waals surface area (Å²) in [5.74, 6) is 0.812. The van der Waals surface area contributed by atoms with Crippen molar-refractivity contribution in [2.45, 2.75) is 44.3 Å². The van der Waals surface area contributed by atoms with Crippen molar-refractivity contribution >= 4 is 23.6 Å². The average molecular weight is 392 g/mol. The molecule has 1 heterocycles. The second-order valence-electron chi connectivity index (χ2n) is 5.57. The zero-order valence-corrected chi connectivity index (χ0v) is 16.7. The summed E-state index contributed by atoms with van der Waals surface area (Å²) < 4.78 is 12.0. The molecule has 1 amide bonds. The Morgan fingerprint density at radius 3 is 2.52 bits per heavy atom. The molecule has 0 aliphatic heterocycles. The molecule has 1 N–H and O–H groups in total. The predicted octanol–water partition coefficient (Wildman–Crippen LogP) is 2.28. The molecule has 0 saturated carbocycles. The largest absolute Gasteiger partial charge is 0.497 e. The number of aromatic nitrogens is 3. The van der Waals surface area contributed by atoms with Gasteiger partial charge in [-0.05, 0) is 45.0 Å². The van der Waals surface area contributed by atoms with Gasteiger partial charge in [-0.1, -0.05) is 11.8 Å². The van der Waals surface area contributed by atoms with Crippen LogP contribution in [0.2, 0.25) is 0 Å². The molecular formula is C18H24N4O4S. The summed E-state index contributed by atoms with van der Waals surface area (Å²) in [6.45, 7) is 6.69. The van der Waals surface area contributed by atoms with E-state index in [1.807, 2.05) is 11.5 Å². The van der Waals surface area contributed by atoms with Crippen LogP contribution in [-0.4, -0.2) is 45.6 Å². The third kappa shape index (κ3) is 5.46. The van der Waals surface area contributed by atoms with Crippen molar-refractivity contribution < 1.29 is 19.1 Å². The molecule has 0 aliphatic rings. The van der Waals surface area contributed by atoms with Crippen molar-refractivity contribution in [1.82, 2.24) is 20.1 Å². The average Bonchev–Trinajstić information content (AvgIpc) is 3.07. The molecule has 1 aromatic heterocycles. The Morgan fingerprint density at radius 2 is 1.93 bits per heavy atom. The van der Waals surface area contributed by atoms with Crippen LogP contribution in [0.1, 0.15) is 37.0 Å². The smallest absolute Gasteiger partial charge is 0.319 e. The molecule has 0 fully saturated rings. The molecule has 1 atom stereocenters. The fourth-order valence-electron chi connectivity index (χ4n) is 2.32. The lowest BCUT2D eigenvalue weighted by Crippen LogP contribution is -2.25. The molecule has 0 bridgehead atoms. The highest BCUT2D eigenvalue weighted by atomic mass is 32.2. The Balaban J connectivity index is 2.01. The molecule has 1 unspecified atom stereocenters.